The van der Waals surface area contributed by atoms with Gasteiger partial charge in [-0.3, -0.25) is 4.98 Å². The maximum atomic E-state index is 5.98. The first kappa shape index (κ1) is 14.5. The van der Waals surface area contributed by atoms with Crippen molar-refractivity contribution < 1.29 is 0 Å². The molecule has 110 valence electrons. The van der Waals surface area contributed by atoms with Gasteiger partial charge >= 0.3 is 0 Å². The van der Waals surface area contributed by atoms with Crippen molar-refractivity contribution in [1.29, 1.82) is 0 Å². The molecule has 0 spiro atoms. The summed E-state index contributed by atoms with van der Waals surface area (Å²) in [5, 5.41) is 3.44. The third-order valence-corrected chi connectivity index (χ3v) is 3.74. The molecule has 3 rings (SSSR count). The number of pyridine rings is 2. The molecule has 3 aromatic rings. The topological polar surface area (TPSA) is 63.8 Å². The van der Waals surface area contributed by atoms with Gasteiger partial charge in [-0.1, -0.05) is 36.4 Å². The fraction of sp³-hybridized carbons (Fsp3) is 0.0588. The van der Waals surface area contributed by atoms with E-state index in [0.717, 1.165) is 21.4 Å². The minimum Gasteiger partial charge on any atom is -0.382 e. The van der Waals surface area contributed by atoms with Crippen LogP contribution in [0.15, 0.2) is 71.5 Å². The lowest BCUT2D eigenvalue weighted by atomic mass is 10.0. The third-order valence-electron chi connectivity index (χ3n) is 3.30. The van der Waals surface area contributed by atoms with Gasteiger partial charge in [0.25, 0.3) is 0 Å². The number of halogens is 1. The van der Waals surface area contributed by atoms with Gasteiger partial charge in [0.2, 0.25) is 0 Å². The monoisotopic (exact) mass is 354 g/mol. The summed E-state index contributed by atoms with van der Waals surface area (Å²) in [6.45, 7) is 0. The van der Waals surface area contributed by atoms with Gasteiger partial charge in [0.15, 0.2) is 0 Å². The average molecular weight is 355 g/mol. The van der Waals surface area contributed by atoms with E-state index in [1.807, 2.05) is 42.5 Å². The lowest BCUT2D eigenvalue weighted by molar-refractivity contribution is 0.886. The van der Waals surface area contributed by atoms with E-state index in [4.69, 9.17) is 5.73 Å². The molecule has 22 heavy (non-hydrogen) atoms. The number of nitrogens with two attached hydrogens (primary N) is 1. The number of hydrogen-bond donors (Lipinski definition) is 2. The molecule has 1 unspecified atom stereocenters. The first-order valence-corrected chi connectivity index (χ1v) is 7.67. The Morgan fingerprint density at radius 3 is 2.50 bits per heavy atom. The van der Waals surface area contributed by atoms with Gasteiger partial charge in [-0.05, 0) is 39.7 Å². The van der Waals surface area contributed by atoms with Crippen LogP contribution in [-0.2, 0) is 0 Å². The minimum absolute atomic E-state index is 0.0965. The number of rotatable bonds is 4. The Labute approximate surface area is 137 Å². The van der Waals surface area contributed by atoms with E-state index in [9.17, 15) is 0 Å². The van der Waals surface area contributed by atoms with Gasteiger partial charge in [-0.25, -0.2) is 4.98 Å². The lowest BCUT2D eigenvalue weighted by Gasteiger charge is -2.21. The molecule has 4 nitrogen and oxygen atoms in total. The molecule has 1 atom stereocenters. The molecule has 3 N–H and O–H groups in total. The van der Waals surface area contributed by atoms with E-state index in [1.54, 1.807) is 12.4 Å². The molecule has 0 aliphatic heterocycles. The summed E-state index contributed by atoms with van der Waals surface area (Å²) >= 11 is 3.43. The van der Waals surface area contributed by atoms with Crippen molar-refractivity contribution in [2.24, 2.45) is 0 Å². The van der Waals surface area contributed by atoms with Crippen molar-refractivity contribution in [3.05, 3.63) is 82.7 Å². The van der Waals surface area contributed by atoms with E-state index in [-0.39, 0.29) is 6.04 Å². The molecule has 2 heterocycles. The Balaban J connectivity index is 2.01. The van der Waals surface area contributed by atoms with Crippen LogP contribution in [0.5, 0.6) is 0 Å². The number of aromatic nitrogens is 2. The van der Waals surface area contributed by atoms with Gasteiger partial charge in [0.05, 0.1) is 17.4 Å². The van der Waals surface area contributed by atoms with Gasteiger partial charge in [-0.2, -0.15) is 0 Å². The van der Waals surface area contributed by atoms with Crippen molar-refractivity contribution >= 4 is 27.4 Å². The highest BCUT2D eigenvalue weighted by molar-refractivity contribution is 9.10. The Hall–Kier alpha value is -2.40. The van der Waals surface area contributed by atoms with E-state index < -0.39 is 0 Å². The summed E-state index contributed by atoms with van der Waals surface area (Å²) in [7, 11) is 0. The maximum Gasteiger partial charge on any atom is 0.146 e. The maximum absolute atomic E-state index is 5.98. The summed E-state index contributed by atoms with van der Waals surface area (Å²) < 4.78 is 0.872. The minimum atomic E-state index is -0.0965. The zero-order valence-electron chi connectivity index (χ0n) is 11.8. The molecule has 5 heteroatoms. The van der Waals surface area contributed by atoms with Crippen LogP contribution < -0.4 is 11.1 Å². The first-order valence-electron chi connectivity index (χ1n) is 6.87. The van der Waals surface area contributed by atoms with Gasteiger partial charge in [0, 0.05) is 16.9 Å². The van der Waals surface area contributed by atoms with E-state index in [2.05, 4.69) is 43.3 Å². The molecule has 0 aliphatic rings. The van der Waals surface area contributed by atoms with E-state index >= 15 is 0 Å². The normalized spacial score (nSPS) is 11.9. The lowest BCUT2D eigenvalue weighted by Crippen LogP contribution is -2.15. The Kier molecular flexibility index (Phi) is 4.34. The van der Waals surface area contributed by atoms with Crippen LogP contribution in [0.1, 0.15) is 17.3 Å². The molecule has 0 radical (unpaired) electrons. The van der Waals surface area contributed by atoms with Crippen LogP contribution in [0, 0.1) is 0 Å². The number of nitrogens with one attached hydrogen (secondary N) is 1. The number of hydrogen-bond acceptors (Lipinski definition) is 4. The van der Waals surface area contributed by atoms with Crippen LogP contribution in [-0.4, -0.2) is 9.97 Å². The number of benzene rings is 1. The predicted molar refractivity (Wildman–Crippen MR) is 92.5 cm³/mol. The summed E-state index contributed by atoms with van der Waals surface area (Å²) in [6, 6.07) is 17.8. The number of anilines is 2. The standard InChI is InChI=1S/C17H15BrN4/c18-13-10-15(17(19)21-11-13)22-16(12-6-2-1-3-7-12)14-8-4-5-9-20-14/h1-11,16,22H,(H2,19,21). The second kappa shape index (κ2) is 6.58. The molecular weight excluding hydrogens is 340 g/mol. The smallest absolute Gasteiger partial charge is 0.146 e. The summed E-state index contributed by atoms with van der Waals surface area (Å²) in [5.74, 6) is 0.458. The molecule has 0 saturated carbocycles. The Morgan fingerprint density at radius 2 is 1.77 bits per heavy atom. The van der Waals surface area contributed by atoms with Crippen molar-refractivity contribution in [2.45, 2.75) is 6.04 Å². The second-order valence-electron chi connectivity index (χ2n) is 4.83. The van der Waals surface area contributed by atoms with Gasteiger partial charge < -0.3 is 11.1 Å². The fourth-order valence-electron chi connectivity index (χ4n) is 2.24. The summed E-state index contributed by atoms with van der Waals surface area (Å²) in [5.41, 5.74) is 8.79. The number of nitrogen functional groups attached to an aromatic ring is 1. The van der Waals surface area contributed by atoms with E-state index in [1.165, 1.54) is 0 Å². The Bertz CT molecular complexity index is 708. The fourth-order valence-corrected chi connectivity index (χ4v) is 2.57. The van der Waals surface area contributed by atoms with Crippen molar-refractivity contribution in [1.82, 2.24) is 9.97 Å². The van der Waals surface area contributed by atoms with Crippen molar-refractivity contribution in [2.75, 3.05) is 11.1 Å². The highest BCUT2D eigenvalue weighted by Gasteiger charge is 2.16. The number of nitrogens with zero attached hydrogens (tertiary/aromatic N) is 2. The summed E-state index contributed by atoms with van der Waals surface area (Å²) in [4.78, 5) is 8.64. The van der Waals surface area contributed by atoms with Crippen molar-refractivity contribution in [3.63, 3.8) is 0 Å². The van der Waals surface area contributed by atoms with Gasteiger partial charge in [0.1, 0.15) is 5.82 Å². The first-order chi connectivity index (χ1) is 10.7. The van der Waals surface area contributed by atoms with E-state index in [0.29, 0.717) is 5.82 Å². The van der Waals surface area contributed by atoms with Crippen LogP contribution in [0.3, 0.4) is 0 Å². The highest BCUT2D eigenvalue weighted by Crippen LogP contribution is 2.29. The van der Waals surface area contributed by atoms with Crippen molar-refractivity contribution in [3.8, 4) is 0 Å². The third kappa shape index (κ3) is 3.26. The zero-order chi connectivity index (χ0) is 15.4. The molecule has 1 aromatic carbocycles. The van der Waals surface area contributed by atoms with Crippen LogP contribution in [0.25, 0.3) is 0 Å². The van der Waals surface area contributed by atoms with Crippen LogP contribution in [0.4, 0.5) is 11.5 Å². The van der Waals surface area contributed by atoms with Crippen LogP contribution in [0.2, 0.25) is 0 Å². The molecule has 0 amide bonds. The average Bonchev–Trinajstić information content (AvgIpc) is 2.57. The second-order valence-corrected chi connectivity index (χ2v) is 5.74. The largest absolute Gasteiger partial charge is 0.382 e. The summed E-state index contributed by atoms with van der Waals surface area (Å²) in [6.07, 6.45) is 3.47. The highest BCUT2D eigenvalue weighted by atomic mass is 79.9. The quantitative estimate of drug-likeness (QED) is 0.742. The molecule has 0 fully saturated rings. The SMILES string of the molecule is Nc1ncc(Br)cc1NC(c1ccccc1)c1ccccn1. The Morgan fingerprint density at radius 1 is 1.00 bits per heavy atom. The van der Waals surface area contributed by atoms with Crippen LogP contribution >= 0.6 is 15.9 Å². The molecule has 0 bridgehead atoms. The zero-order valence-corrected chi connectivity index (χ0v) is 13.4. The van der Waals surface area contributed by atoms with Gasteiger partial charge in [-0.15, -0.1) is 0 Å². The predicted octanol–water partition coefficient (Wildman–Crippen LogP) is 4.02. The molecule has 0 saturated heterocycles. The molecule has 0 aliphatic carbocycles. The molecular formula is C17H15BrN4. The molecule has 2 aromatic heterocycles.